The standard InChI is InChI=1S/C29H31NO7/c1-4-35-29(32)20-10-12-23(13-11-20)36-18-25-24-17-27(34-3)26(33-2)16-21(24)14-15-30(25)28(31)19-37-22-8-6-5-7-9-22/h5-13,16-17,25H,4,14-15,18-19H2,1-3H3. The number of benzene rings is 3. The van der Waals surface area contributed by atoms with E-state index in [2.05, 4.69) is 0 Å². The van der Waals surface area contributed by atoms with Gasteiger partial charge in [0.2, 0.25) is 0 Å². The summed E-state index contributed by atoms with van der Waals surface area (Å²) in [6, 6.07) is 19.5. The Hall–Kier alpha value is -4.20. The zero-order chi connectivity index (χ0) is 26.2. The first-order valence-electron chi connectivity index (χ1n) is 12.2. The minimum absolute atomic E-state index is 0.0859. The van der Waals surface area contributed by atoms with E-state index in [1.165, 1.54) is 0 Å². The molecule has 1 atom stereocenters. The molecule has 4 rings (SSSR count). The zero-order valence-electron chi connectivity index (χ0n) is 21.3. The lowest BCUT2D eigenvalue weighted by atomic mass is 9.92. The molecule has 0 aliphatic carbocycles. The Kier molecular flexibility index (Phi) is 8.51. The Morgan fingerprint density at radius 2 is 1.57 bits per heavy atom. The Balaban J connectivity index is 1.56. The molecule has 37 heavy (non-hydrogen) atoms. The second-order valence-corrected chi connectivity index (χ2v) is 8.42. The Labute approximate surface area is 216 Å². The maximum Gasteiger partial charge on any atom is 0.338 e. The molecule has 1 unspecified atom stereocenters. The maximum absolute atomic E-state index is 13.3. The van der Waals surface area contributed by atoms with Gasteiger partial charge in [0, 0.05) is 6.54 Å². The van der Waals surface area contributed by atoms with Gasteiger partial charge in [0.1, 0.15) is 18.1 Å². The van der Waals surface area contributed by atoms with Crippen molar-refractivity contribution in [1.82, 2.24) is 4.90 Å². The van der Waals surface area contributed by atoms with Gasteiger partial charge in [-0.05, 0) is 73.0 Å². The van der Waals surface area contributed by atoms with Crippen LogP contribution in [0, 0.1) is 0 Å². The van der Waals surface area contributed by atoms with Crippen molar-refractivity contribution >= 4 is 11.9 Å². The van der Waals surface area contributed by atoms with Crippen molar-refractivity contribution in [1.29, 1.82) is 0 Å². The molecular formula is C29H31NO7. The summed E-state index contributed by atoms with van der Waals surface area (Å²) in [5.41, 5.74) is 2.45. The lowest BCUT2D eigenvalue weighted by Crippen LogP contribution is -2.44. The lowest BCUT2D eigenvalue weighted by Gasteiger charge is -2.37. The molecule has 0 saturated heterocycles. The molecule has 3 aromatic carbocycles. The highest BCUT2D eigenvalue weighted by Crippen LogP contribution is 2.38. The number of rotatable bonds is 10. The number of carbonyl (C=O) groups is 2. The average Bonchev–Trinajstić information content (AvgIpc) is 2.94. The van der Waals surface area contributed by atoms with Gasteiger partial charge in [-0.2, -0.15) is 0 Å². The number of ether oxygens (including phenoxy) is 5. The fourth-order valence-corrected chi connectivity index (χ4v) is 4.33. The molecule has 1 heterocycles. The minimum Gasteiger partial charge on any atom is -0.493 e. The lowest BCUT2D eigenvalue weighted by molar-refractivity contribution is -0.137. The second kappa shape index (κ2) is 12.2. The number of methoxy groups -OCH3 is 2. The van der Waals surface area contributed by atoms with Crippen molar-refractivity contribution in [3.05, 3.63) is 83.4 Å². The van der Waals surface area contributed by atoms with E-state index in [0.717, 1.165) is 11.1 Å². The van der Waals surface area contributed by atoms with Gasteiger partial charge in [0.25, 0.3) is 5.91 Å². The van der Waals surface area contributed by atoms with Crippen LogP contribution in [0.25, 0.3) is 0 Å². The molecule has 0 N–H and O–H groups in total. The van der Waals surface area contributed by atoms with Crippen molar-refractivity contribution in [3.8, 4) is 23.0 Å². The largest absolute Gasteiger partial charge is 0.493 e. The molecule has 0 aromatic heterocycles. The molecule has 3 aromatic rings. The van der Waals surface area contributed by atoms with Crippen molar-refractivity contribution in [3.63, 3.8) is 0 Å². The number of nitrogens with zero attached hydrogens (tertiary/aromatic N) is 1. The van der Waals surface area contributed by atoms with Gasteiger partial charge in [-0.3, -0.25) is 4.79 Å². The monoisotopic (exact) mass is 505 g/mol. The van der Waals surface area contributed by atoms with Crippen LogP contribution in [-0.4, -0.2) is 57.4 Å². The maximum atomic E-state index is 13.3. The summed E-state index contributed by atoms with van der Waals surface area (Å²) in [6.07, 6.45) is 0.664. The smallest absolute Gasteiger partial charge is 0.338 e. The van der Waals surface area contributed by atoms with Gasteiger partial charge >= 0.3 is 5.97 Å². The number of carbonyl (C=O) groups excluding carboxylic acids is 2. The summed E-state index contributed by atoms with van der Waals surface area (Å²) in [7, 11) is 3.19. The molecule has 0 fully saturated rings. The number of hydrogen-bond acceptors (Lipinski definition) is 7. The van der Waals surface area contributed by atoms with Crippen LogP contribution < -0.4 is 18.9 Å². The van der Waals surface area contributed by atoms with Gasteiger partial charge in [-0.1, -0.05) is 18.2 Å². The summed E-state index contributed by atoms with van der Waals surface area (Å²) in [5, 5.41) is 0. The minimum atomic E-state index is -0.383. The van der Waals surface area contributed by atoms with E-state index < -0.39 is 0 Å². The molecule has 8 nitrogen and oxygen atoms in total. The van der Waals surface area contributed by atoms with Crippen LogP contribution >= 0.6 is 0 Å². The van der Waals surface area contributed by atoms with E-state index in [1.807, 2.05) is 42.5 Å². The molecule has 0 radical (unpaired) electrons. The topological polar surface area (TPSA) is 83.5 Å². The predicted molar refractivity (Wildman–Crippen MR) is 138 cm³/mol. The van der Waals surface area contributed by atoms with Gasteiger partial charge in [0.15, 0.2) is 18.1 Å². The summed E-state index contributed by atoms with van der Waals surface area (Å²) < 4.78 is 27.9. The van der Waals surface area contributed by atoms with Crippen LogP contribution in [0.1, 0.15) is 34.5 Å². The first kappa shape index (κ1) is 25.9. The third-order valence-electron chi connectivity index (χ3n) is 6.20. The number of para-hydroxylation sites is 1. The highest BCUT2D eigenvalue weighted by atomic mass is 16.5. The fourth-order valence-electron chi connectivity index (χ4n) is 4.33. The molecule has 0 spiro atoms. The highest BCUT2D eigenvalue weighted by Gasteiger charge is 2.33. The number of esters is 1. The Bertz CT molecular complexity index is 1210. The number of amides is 1. The molecule has 8 heteroatoms. The molecule has 1 aliphatic heterocycles. The van der Waals surface area contributed by atoms with E-state index in [0.29, 0.717) is 48.1 Å². The fraction of sp³-hybridized carbons (Fsp3) is 0.310. The first-order chi connectivity index (χ1) is 18.0. The van der Waals surface area contributed by atoms with E-state index in [-0.39, 0.29) is 31.1 Å². The van der Waals surface area contributed by atoms with E-state index in [9.17, 15) is 9.59 Å². The van der Waals surface area contributed by atoms with Crippen LogP contribution in [0.2, 0.25) is 0 Å². The van der Waals surface area contributed by atoms with Gasteiger partial charge in [0.05, 0.1) is 32.4 Å². The molecular weight excluding hydrogens is 474 g/mol. The van der Waals surface area contributed by atoms with Crippen molar-refractivity contribution < 1.29 is 33.3 Å². The molecule has 1 aliphatic rings. The van der Waals surface area contributed by atoms with Gasteiger partial charge in [-0.25, -0.2) is 4.79 Å². The average molecular weight is 506 g/mol. The van der Waals surface area contributed by atoms with E-state index in [4.69, 9.17) is 23.7 Å². The normalized spacial score (nSPS) is 14.4. The summed E-state index contributed by atoms with van der Waals surface area (Å²) in [4.78, 5) is 27.0. The molecule has 1 amide bonds. The van der Waals surface area contributed by atoms with Crippen LogP contribution in [0.4, 0.5) is 0 Å². The van der Waals surface area contributed by atoms with Gasteiger partial charge < -0.3 is 28.6 Å². The van der Waals surface area contributed by atoms with Crippen molar-refractivity contribution in [2.75, 3.05) is 40.6 Å². The Morgan fingerprint density at radius 1 is 0.892 bits per heavy atom. The van der Waals surface area contributed by atoms with Gasteiger partial charge in [-0.15, -0.1) is 0 Å². The van der Waals surface area contributed by atoms with Crippen LogP contribution in [0.5, 0.6) is 23.0 Å². The highest BCUT2D eigenvalue weighted by molar-refractivity contribution is 5.89. The van der Waals surface area contributed by atoms with Crippen LogP contribution in [-0.2, 0) is 16.0 Å². The summed E-state index contributed by atoms with van der Waals surface area (Å²) in [6.45, 7) is 2.70. The molecule has 194 valence electrons. The predicted octanol–water partition coefficient (Wildman–Crippen LogP) is 4.46. The van der Waals surface area contributed by atoms with Crippen molar-refractivity contribution in [2.45, 2.75) is 19.4 Å². The first-order valence-corrected chi connectivity index (χ1v) is 12.2. The van der Waals surface area contributed by atoms with E-state index >= 15 is 0 Å². The summed E-state index contributed by atoms with van der Waals surface area (Å²) >= 11 is 0. The second-order valence-electron chi connectivity index (χ2n) is 8.42. The van der Waals surface area contributed by atoms with Crippen LogP contribution in [0.15, 0.2) is 66.7 Å². The molecule has 0 bridgehead atoms. The Morgan fingerprint density at radius 3 is 2.24 bits per heavy atom. The van der Waals surface area contributed by atoms with Crippen molar-refractivity contribution in [2.24, 2.45) is 0 Å². The molecule has 0 saturated carbocycles. The third kappa shape index (κ3) is 6.14. The number of fused-ring (bicyclic) bond motifs is 1. The number of hydrogen-bond donors (Lipinski definition) is 0. The third-order valence-corrected chi connectivity index (χ3v) is 6.20. The van der Waals surface area contributed by atoms with E-state index in [1.54, 1.807) is 50.3 Å². The van der Waals surface area contributed by atoms with Crippen LogP contribution in [0.3, 0.4) is 0 Å². The zero-order valence-corrected chi connectivity index (χ0v) is 21.3. The SMILES string of the molecule is CCOC(=O)c1ccc(OCC2c3cc(OC)c(OC)cc3CCN2C(=O)COc2ccccc2)cc1. The summed E-state index contributed by atoms with van der Waals surface area (Å²) in [5.74, 6) is 1.91. The quantitative estimate of drug-likeness (QED) is 0.376.